The number of aryl methyl sites for hydroxylation is 1. The van der Waals surface area contributed by atoms with E-state index >= 15 is 0 Å². The molecule has 4 nitrogen and oxygen atoms in total. The monoisotopic (exact) mass is 234 g/mol. The first kappa shape index (κ1) is 12.1. The van der Waals surface area contributed by atoms with E-state index in [0.717, 1.165) is 29.4 Å². The summed E-state index contributed by atoms with van der Waals surface area (Å²) in [5.41, 5.74) is 1.38. The maximum atomic E-state index is 4.53. The molecule has 0 spiro atoms. The van der Waals surface area contributed by atoms with Crippen LogP contribution in [0.4, 0.5) is 11.6 Å². The molecule has 0 unspecified atom stereocenters. The Bertz CT molecular complexity index is 405. The van der Waals surface area contributed by atoms with Crippen molar-refractivity contribution < 1.29 is 0 Å². The molecule has 0 aliphatic heterocycles. The third kappa shape index (κ3) is 2.21. The van der Waals surface area contributed by atoms with Gasteiger partial charge in [-0.1, -0.05) is 6.92 Å². The smallest absolute Gasteiger partial charge is 0.135 e. The molecule has 1 aromatic heterocycles. The van der Waals surface area contributed by atoms with Gasteiger partial charge in [-0.05, 0) is 39.5 Å². The quantitative estimate of drug-likeness (QED) is 0.841. The predicted molar refractivity (Wildman–Crippen MR) is 71.5 cm³/mol. The number of aromatic nitrogens is 2. The number of hydrogen-bond acceptors (Lipinski definition) is 4. The summed E-state index contributed by atoms with van der Waals surface area (Å²) >= 11 is 0. The SMILES string of the molecule is CCC1(Nc2nc(C)nc(NC)c2C)CCC1. The zero-order chi connectivity index (χ0) is 12.5. The molecule has 1 aliphatic carbocycles. The number of anilines is 2. The van der Waals surface area contributed by atoms with E-state index in [1.807, 2.05) is 14.0 Å². The molecule has 94 valence electrons. The van der Waals surface area contributed by atoms with E-state index in [9.17, 15) is 0 Å². The minimum atomic E-state index is 0.274. The minimum absolute atomic E-state index is 0.274. The minimum Gasteiger partial charge on any atom is -0.373 e. The van der Waals surface area contributed by atoms with Gasteiger partial charge in [0.05, 0.1) is 0 Å². The molecule has 1 heterocycles. The van der Waals surface area contributed by atoms with Crippen LogP contribution in [0.3, 0.4) is 0 Å². The highest BCUT2D eigenvalue weighted by molar-refractivity contribution is 5.58. The van der Waals surface area contributed by atoms with Crippen molar-refractivity contribution >= 4 is 11.6 Å². The third-order valence-electron chi connectivity index (χ3n) is 3.87. The van der Waals surface area contributed by atoms with Crippen LogP contribution in [0.15, 0.2) is 0 Å². The summed E-state index contributed by atoms with van der Waals surface area (Å²) < 4.78 is 0. The summed E-state index contributed by atoms with van der Waals surface area (Å²) in [5.74, 6) is 2.72. The molecule has 0 bridgehead atoms. The highest BCUT2D eigenvalue weighted by atomic mass is 15.1. The second kappa shape index (κ2) is 4.51. The maximum Gasteiger partial charge on any atom is 0.135 e. The average molecular weight is 234 g/mol. The number of rotatable bonds is 4. The molecule has 2 N–H and O–H groups in total. The Morgan fingerprint density at radius 2 is 1.82 bits per heavy atom. The Labute approximate surface area is 103 Å². The van der Waals surface area contributed by atoms with Crippen molar-refractivity contribution in [3.8, 4) is 0 Å². The molecule has 1 aliphatic rings. The highest BCUT2D eigenvalue weighted by Crippen LogP contribution is 2.38. The van der Waals surface area contributed by atoms with Crippen LogP contribution < -0.4 is 10.6 Å². The molecule has 0 atom stereocenters. The Morgan fingerprint density at radius 1 is 1.18 bits per heavy atom. The normalized spacial score (nSPS) is 17.4. The van der Waals surface area contributed by atoms with Gasteiger partial charge in [-0.3, -0.25) is 0 Å². The fourth-order valence-corrected chi connectivity index (χ4v) is 2.42. The number of nitrogens with zero attached hydrogens (tertiary/aromatic N) is 2. The Balaban J connectivity index is 2.28. The van der Waals surface area contributed by atoms with Crippen LogP contribution in [0.5, 0.6) is 0 Å². The molecule has 2 rings (SSSR count). The van der Waals surface area contributed by atoms with Crippen LogP contribution in [0.2, 0.25) is 0 Å². The van der Waals surface area contributed by atoms with Gasteiger partial charge in [0, 0.05) is 18.2 Å². The van der Waals surface area contributed by atoms with E-state index in [1.165, 1.54) is 19.3 Å². The first-order valence-electron chi connectivity index (χ1n) is 6.41. The van der Waals surface area contributed by atoms with Crippen LogP contribution in [-0.4, -0.2) is 22.6 Å². The lowest BCUT2D eigenvalue weighted by atomic mass is 9.75. The molecule has 1 fully saturated rings. The summed E-state index contributed by atoms with van der Waals surface area (Å²) in [6.07, 6.45) is 4.98. The van der Waals surface area contributed by atoms with E-state index in [4.69, 9.17) is 0 Å². The van der Waals surface area contributed by atoms with Crippen molar-refractivity contribution in [3.63, 3.8) is 0 Å². The lowest BCUT2D eigenvalue weighted by Gasteiger charge is -2.42. The molecule has 4 heteroatoms. The summed E-state index contributed by atoms with van der Waals surface area (Å²) in [6, 6.07) is 0. The van der Waals surface area contributed by atoms with Gasteiger partial charge >= 0.3 is 0 Å². The predicted octanol–water partition coefficient (Wildman–Crippen LogP) is 2.88. The van der Waals surface area contributed by atoms with Crippen LogP contribution in [-0.2, 0) is 0 Å². The van der Waals surface area contributed by atoms with Crippen molar-refractivity contribution in [2.24, 2.45) is 0 Å². The molecule has 0 radical (unpaired) electrons. The zero-order valence-corrected chi connectivity index (χ0v) is 11.2. The van der Waals surface area contributed by atoms with Crippen LogP contribution in [0.25, 0.3) is 0 Å². The summed E-state index contributed by atoms with van der Waals surface area (Å²) in [5, 5.41) is 6.76. The van der Waals surface area contributed by atoms with E-state index in [1.54, 1.807) is 0 Å². The van der Waals surface area contributed by atoms with Gasteiger partial charge < -0.3 is 10.6 Å². The van der Waals surface area contributed by atoms with E-state index < -0.39 is 0 Å². The molecule has 0 amide bonds. The fraction of sp³-hybridized carbons (Fsp3) is 0.692. The molecule has 17 heavy (non-hydrogen) atoms. The van der Waals surface area contributed by atoms with Crippen LogP contribution >= 0.6 is 0 Å². The Kier molecular flexibility index (Phi) is 3.22. The van der Waals surface area contributed by atoms with Gasteiger partial charge in [0.15, 0.2) is 0 Å². The Hall–Kier alpha value is -1.32. The molecular formula is C13H22N4. The second-order valence-electron chi connectivity index (χ2n) is 4.96. The summed E-state index contributed by atoms with van der Waals surface area (Å²) in [6.45, 7) is 6.25. The molecule has 0 saturated heterocycles. The first-order chi connectivity index (χ1) is 8.10. The fourth-order valence-electron chi connectivity index (χ4n) is 2.42. The van der Waals surface area contributed by atoms with E-state index in [2.05, 4.69) is 34.4 Å². The first-order valence-corrected chi connectivity index (χ1v) is 6.41. The maximum absolute atomic E-state index is 4.53. The molecular weight excluding hydrogens is 212 g/mol. The lowest BCUT2D eigenvalue weighted by molar-refractivity contribution is 0.268. The van der Waals surface area contributed by atoms with Gasteiger partial charge in [-0.15, -0.1) is 0 Å². The van der Waals surface area contributed by atoms with Crippen LogP contribution in [0, 0.1) is 13.8 Å². The van der Waals surface area contributed by atoms with Gasteiger partial charge in [-0.2, -0.15) is 0 Å². The van der Waals surface area contributed by atoms with Crippen LogP contribution in [0.1, 0.15) is 44.0 Å². The Morgan fingerprint density at radius 3 is 2.29 bits per heavy atom. The van der Waals surface area contributed by atoms with E-state index in [-0.39, 0.29) is 5.54 Å². The second-order valence-corrected chi connectivity index (χ2v) is 4.96. The summed E-state index contributed by atoms with van der Waals surface area (Å²) in [7, 11) is 1.90. The van der Waals surface area contributed by atoms with Gasteiger partial charge in [0.25, 0.3) is 0 Å². The number of nitrogens with one attached hydrogen (secondary N) is 2. The molecule has 0 aromatic carbocycles. The van der Waals surface area contributed by atoms with Crippen molar-refractivity contribution in [2.75, 3.05) is 17.7 Å². The molecule has 1 aromatic rings. The largest absolute Gasteiger partial charge is 0.373 e. The zero-order valence-electron chi connectivity index (χ0n) is 11.2. The highest BCUT2D eigenvalue weighted by Gasteiger charge is 2.35. The van der Waals surface area contributed by atoms with Gasteiger partial charge in [0.1, 0.15) is 17.5 Å². The standard InChI is InChI=1S/C13H22N4/c1-5-13(7-6-8-13)17-12-9(2)11(14-4)15-10(3)16-12/h5-8H2,1-4H3,(H2,14,15,16,17). The van der Waals surface area contributed by atoms with Gasteiger partial charge in [0.2, 0.25) is 0 Å². The summed E-state index contributed by atoms with van der Waals surface area (Å²) in [4.78, 5) is 8.92. The molecule has 1 saturated carbocycles. The van der Waals surface area contributed by atoms with Gasteiger partial charge in [-0.25, -0.2) is 9.97 Å². The van der Waals surface area contributed by atoms with Crippen molar-refractivity contribution in [3.05, 3.63) is 11.4 Å². The lowest BCUT2D eigenvalue weighted by Crippen LogP contribution is -2.44. The topological polar surface area (TPSA) is 49.8 Å². The van der Waals surface area contributed by atoms with E-state index in [0.29, 0.717) is 0 Å². The number of hydrogen-bond donors (Lipinski definition) is 2. The third-order valence-corrected chi connectivity index (χ3v) is 3.87. The van der Waals surface area contributed by atoms with Crippen molar-refractivity contribution in [1.29, 1.82) is 0 Å². The average Bonchev–Trinajstić information content (AvgIpc) is 2.27. The van der Waals surface area contributed by atoms with Crippen molar-refractivity contribution in [1.82, 2.24) is 9.97 Å². The van der Waals surface area contributed by atoms with Crippen molar-refractivity contribution in [2.45, 2.75) is 52.0 Å².